The van der Waals surface area contributed by atoms with Crippen molar-refractivity contribution in [3.05, 3.63) is 53.6 Å². The second-order valence-corrected chi connectivity index (χ2v) is 8.51. The lowest BCUT2D eigenvalue weighted by Gasteiger charge is -2.27. The molecule has 0 spiro atoms. The minimum absolute atomic E-state index is 0.0241. The highest BCUT2D eigenvalue weighted by atomic mass is 32.2. The van der Waals surface area contributed by atoms with Gasteiger partial charge in [-0.2, -0.15) is 5.26 Å². The average Bonchev–Trinajstić information content (AvgIpc) is 3.11. The van der Waals surface area contributed by atoms with Crippen molar-refractivity contribution in [2.75, 3.05) is 0 Å². The Morgan fingerprint density at radius 3 is 2.44 bits per heavy atom. The molecule has 27 heavy (non-hydrogen) atoms. The van der Waals surface area contributed by atoms with Gasteiger partial charge in [-0.05, 0) is 36.6 Å². The van der Waals surface area contributed by atoms with Crippen molar-refractivity contribution in [3.63, 3.8) is 0 Å². The largest absolute Gasteiger partial charge is 0.299 e. The second kappa shape index (κ2) is 7.55. The third-order valence-corrected chi connectivity index (χ3v) is 5.98. The first-order chi connectivity index (χ1) is 12.8. The quantitative estimate of drug-likeness (QED) is 0.811. The van der Waals surface area contributed by atoms with Crippen molar-refractivity contribution in [2.45, 2.75) is 48.8 Å². The molecular formula is C19H20N4O3S. The number of ketones is 1. The van der Waals surface area contributed by atoms with Gasteiger partial charge in [-0.3, -0.25) is 4.79 Å². The van der Waals surface area contributed by atoms with Gasteiger partial charge in [-0.25, -0.2) is 23.5 Å². The van der Waals surface area contributed by atoms with Gasteiger partial charge in [0.2, 0.25) is 15.8 Å². The Labute approximate surface area is 158 Å². The molecule has 1 aromatic carbocycles. The van der Waals surface area contributed by atoms with Gasteiger partial charge in [0.25, 0.3) is 0 Å². The van der Waals surface area contributed by atoms with Gasteiger partial charge in [0.1, 0.15) is 11.9 Å². The zero-order valence-electron chi connectivity index (χ0n) is 14.8. The highest BCUT2D eigenvalue weighted by Gasteiger charge is 2.39. The molecule has 1 fully saturated rings. The van der Waals surface area contributed by atoms with Crippen molar-refractivity contribution in [1.29, 1.82) is 5.26 Å². The molecule has 1 aromatic heterocycles. The topological polar surface area (TPSA) is 127 Å². The molecule has 1 aliphatic carbocycles. The van der Waals surface area contributed by atoms with Crippen LogP contribution < -0.4 is 5.14 Å². The maximum atomic E-state index is 12.7. The number of nitrogens with two attached hydrogens (primary N) is 1. The number of aromatic nitrogens is 2. The number of nitrogens with zero attached hydrogens (tertiary/aromatic N) is 3. The van der Waals surface area contributed by atoms with Gasteiger partial charge >= 0.3 is 0 Å². The first-order valence-electron chi connectivity index (χ1n) is 8.69. The Bertz CT molecular complexity index is 988. The number of hydrogen-bond acceptors (Lipinski definition) is 6. The fourth-order valence-corrected chi connectivity index (χ4v) is 4.26. The number of rotatable bonds is 6. The van der Waals surface area contributed by atoms with Crippen LogP contribution in [-0.2, 0) is 26.7 Å². The van der Waals surface area contributed by atoms with Gasteiger partial charge in [-0.1, -0.05) is 25.0 Å². The van der Waals surface area contributed by atoms with Crippen LogP contribution in [0.2, 0.25) is 0 Å². The molecule has 0 amide bonds. The molecule has 1 heterocycles. The van der Waals surface area contributed by atoms with E-state index in [2.05, 4.69) is 9.97 Å². The van der Waals surface area contributed by atoms with E-state index in [1.807, 2.05) is 6.07 Å². The summed E-state index contributed by atoms with van der Waals surface area (Å²) in [4.78, 5) is 21.0. The number of hydrogen-bond donors (Lipinski definition) is 1. The van der Waals surface area contributed by atoms with Gasteiger partial charge < -0.3 is 0 Å². The fourth-order valence-electron chi connectivity index (χ4n) is 3.75. The van der Waals surface area contributed by atoms with Crippen LogP contribution in [0.3, 0.4) is 0 Å². The number of primary sulfonamides is 1. The van der Waals surface area contributed by atoms with Crippen LogP contribution in [-0.4, -0.2) is 24.2 Å². The maximum Gasteiger partial charge on any atom is 0.238 e. The van der Waals surface area contributed by atoms with Crippen molar-refractivity contribution in [2.24, 2.45) is 5.14 Å². The SMILES string of the molecule is N#Cc1nccc(C2(CC(=O)Cc3ccc(S(N)(=O)=O)cc3)CCCC2)n1. The molecule has 8 heteroatoms. The van der Waals surface area contributed by atoms with Gasteiger partial charge in [-0.15, -0.1) is 0 Å². The summed E-state index contributed by atoms with van der Waals surface area (Å²) >= 11 is 0. The molecule has 1 saturated carbocycles. The zero-order chi connectivity index (χ0) is 19.5. The summed E-state index contributed by atoms with van der Waals surface area (Å²) in [5.41, 5.74) is 1.14. The van der Waals surface area contributed by atoms with E-state index in [9.17, 15) is 13.2 Å². The van der Waals surface area contributed by atoms with E-state index in [4.69, 9.17) is 10.4 Å². The van der Waals surface area contributed by atoms with Crippen LogP contribution in [0.5, 0.6) is 0 Å². The molecule has 1 aliphatic rings. The van der Waals surface area contributed by atoms with E-state index in [-0.39, 0.29) is 28.3 Å². The van der Waals surface area contributed by atoms with E-state index in [1.54, 1.807) is 24.4 Å². The summed E-state index contributed by atoms with van der Waals surface area (Å²) in [6.45, 7) is 0. The monoisotopic (exact) mass is 384 g/mol. The van der Waals surface area contributed by atoms with Crippen LogP contribution >= 0.6 is 0 Å². The normalized spacial score (nSPS) is 16.0. The van der Waals surface area contributed by atoms with Gasteiger partial charge in [0, 0.05) is 24.5 Å². The first-order valence-corrected chi connectivity index (χ1v) is 10.2. The molecule has 0 saturated heterocycles. The van der Waals surface area contributed by atoms with Crippen molar-refractivity contribution >= 4 is 15.8 Å². The zero-order valence-corrected chi connectivity index (χ0v) is 15.6. The van der Waals surface area contributed by atoms with Crippen LogP contribution in [0.25, 0.3) is 0 Å². The average molecular weight is 384 g/mol. The standard InChI is InChI=1S/C19H20N4O3S/c20-13-18-22-10-7-17(23-18)19(8-1-2-9-19)12-15(24)11-14-3-5-16(6-4-14)27(21,25)26/h3-7,10H,1-2,8-9,11-12H2,(H2,21,25,26). The summed E-state index contributed by atoms with van der Waals surface area (Å²) < 4.78 is 22.6. The third-order valence-electron chi connectivity index (χ3n) is 5.05. The molecule has 0 aliphatic heterocycles. The smallest absolute Gasteiger partial charge is 0.238 e. The number of nitriles is 1. The van der Waals surface area contributed by atoms with Crippen LogP contribution in [0.4, 0.5) is 0 Å². The first kappa shape index (κ1) is 19.1. The van der Waals surface area contributed by atoms with Crippen molar-refractivity contribution in [3.8, 4) is 6.07 Å². The predicted octanol–water partition coefficient (Wildman–Crippen LogP) is 2.01. The summed E-state index contributed by atoms with van der Waals surface area (Å²) in [7, 11) is -3.74. The summed E-state index contributed by atoms with van der Waals surface area (Å²) in [6.07, 6.45) is 5.85. The van der Waals surface area contributed by atoms with Crippen LogP contribution in [0, 0.1) is 11.3 Å². The number of sulfonamides is 1. The van der Waals surface area contributed by atoms with Crippen molar-refractivity contribution in [1.82, 2.24) is 9.97 Å². The fraction of sp³-hybridized carbons (Fsp3) is 0.368. The number of Topliss-reactive ketones (excluding diaryl/α,β-unsaturated/α-hetero) is 1. The van der Waals surface area contributed by atoms with Crippen LogP contribution in [0.1, 0.15) is 49.2 Å². The lowest BCUT2D eigenvalue weighted by molar-refractivity contribution is -0.119. The molecule has 0 unspecified atom stereocenters. The van der Waals surface area contributed by atoms with E-state index in [0.29, 0.717) is 6.42 Å². The molecule has 7 nitrogen and oxygen atoms in total. The van der Waals surface area contributed by atoms with E-state index in [1.165, 1.54) is 12.1 Å². The second-order valence-electron chi connectivity index (χ2n) is 6.95. The highest BCUT2D eigenvalue weighted by molar-refractivity contribution is 7.89. The van der Waals surface area contributed by atoms with Gasteiger partial charge in [0.05, 0.1) is 10.6 Å². The number of benzene rings is 1. The molecule has 0 atom stereocenters. The summed E-state index contributed by atoms with van der Waals surface area (Å²) in [5, 5.41) is 14.1. The number of carbonyl (C=O) groups excluding carboxylic acids is 1. The Morgan fingerprint density at radius 1 is 1.19 bits per heavy atom. The predicted molar refractivity (Wildman–Crippen MR) is 98.0 cm³/mol. The molecule has 0 radical (unpaired) electrons. The molecule has 2 aromatic rings. The van der Waals surface area contributed by atoms with Crippen LogP contribution in [0.15, 0.2) is 41.4 Å². The maximum absolute atomic E-state index is 12.7. The van der Waals surface area contributed by atoms with E-state index in [0.717, 1.165) is 36.9 Å². The Balaban J connectivity index is 1.77. The van der Waals surface area contributed by atoms with E-state index < -0.39 is 10.0 Å². The highest BCUT2D eigenvalue weighted by Crippen LogP contribution is 2.43. The molecule has 2 N–H and O–H groups in total. The Morgan fingerprint density at radius 2 is 1.85 bits per heavy atom. The molecule has 0 bridgehead atoms. The summed E-state index contributed by atoms with van der Waals surface area (Å²) in [5.74, 6) is 0.169. The minimum Gasteiger partial charge on any atom is -0.299 e. The molecule has 3 rings (SSSR count). The minimum atomic E-state index is -3.74. The van der Waals surface area contributed by atoms with E-state index >= 15 is 0 Å². The molecule has 140 valence electrons. The Kier molecular flexibility index (Phi) is 5.35. The summed E-state index contributed by atoms with van der Waals surface area (Å²) in [6, 6.07) is 9.78. The third kappa shape index (κ3) is 4.38. The van der Waals surface area contributed by atoms with Crippen molar-refractivity contribution < 1.29 is 13.2 Å². The lowest BCUT2D eigenvalue weighted by atomic mass is 9.77. The lowest BCUT2D eigenvalue weighted by Crippen LogP contribution is -2.28. The van der Waals surface area contributed by atoms with Gasteiger partial charge in [0.15, 0.2) is 0 Å². The number of carbonyl (C=O) groups is 1. The Hall–Kier alpha value is -2.63. The molecular weight excluding hydrogens is 364 g/mol.